The van der Waals surface area contributed by atoms with E-state index < -0.39 is 0 Å². The van der Waals surface area contributed by atoms with Gasteiger partial charge in [-0.1, -0.05) is 0 Å². The Morgan fingerprint density at radius 2 is 1.92 bits per heavy atom. The van der Waals surface area contributed by atoms with Crippen LogP contribution in [0.4, 0.5) is 0 Å². The summed E-state index contributed by atoms with van der Waals surface area (Å²) >= 11 is 1.56. The summed E-state index contributed by atoms with van der Waals surface area (Å²) in [5.74, 6) is 0. The molecule has 0 spiro atoms. The van der Waals surface area contributed by atoms with Crippen molar-refractivity contribution in [1.29, 1.82) is 0 Å². The minimum Gasteiger partial charge on any atom is -0.379 e. The van der Waals surface area contributed by atoms with E-state index in [9.17, 15) is 0 Å². The number of nitrogens with zero attached hydrogens (tertiary/aromatic N) is 4. The van der Waals surface area contributed by atoms with E-state index in [1.54, 1.807) is 11.9 Å². The van der Waals surface area contributed by atoms with Gasteiger partial charge >= 0.3 is 0 Å². The number of hydrogen-bond acceptors (Lipinski definition) is 6. The third-order valence-corrected chi connectivity index (χ3v) is 2.65. The lowest BCUT2D eigenvalue weighted by Crippen LogP contribution is -2.31. The zero-order valence-electron chi connectivity index (χ0n) is 7.09. The predicted molar refractivity (Wildman–Crippen MR) is 48.1 cm³/mol. The first kappa shape index (κ1) is 8.86. The standard InChI is InChI=1S/C7H10N4OS/c1-3-12-4-2-11(1)13-7-9-5-8-6-10-7/h5-6H,1-4H2. The van der Waals surface area contributed by atoms with Crippen LogP contribution >= 0.6 is 11.9 Å². The first-order chi connectivity index (χ1) is 6.45. The highest BCUT2D eigenvalue weighted by molar-refractivity contribution is 7.96. The molecule has 0 unspecified atom stereocenters. The zero-order chi connectivity index (χ0) is 8.93. The van der Waals surface area contributed by atoms with Gasteiger partial charge in [0.2, 0.25) is 5.16 Å². The van der Waals surface area contributed by atoms with E-state index >= 15 is 0 Å². The molecule has 0 saturated carbocycles. The molecular weight excluding hydrogens is 188 g/mol. The van der Waals surface area contributed by atoms with Gasteiger partial charge in [-0.2, -0.15) is 0 Å². The Morgan fingerprint density at radius 3 is 2.62 bits per heavy atom. The van der Waals surface area contributed by atoms with E-state index in [4.69, 9.17) is 4.74 Å². The fourth-order valence-electron chi connectivity index (χ4n) is 1.03. The summed E-state index contributed by atoms with van der Waals surface area (Å²) in [6.45, 7) is 3.43. The number of morpholine rings is 1. The van der Waals surface area contributed by atoms with Crippen LogP contribution in [0.3, 0.4) is 0 Å². The molecule has 0 aliphatic carbocycles. The lowest BCUT2D eigenvalue weighted by molar-refractivity contribution is 0.0772. The Bertz CT molecular complexity index is 252. The average molecular weight is 198 g/mol. The minimum absolute atomic E-state index is 0.747. The van der Waals surface area contributed by atoms with Crippen LogP contribution < -0.4 is 0 Å². The topological polar surface area (TPSA) is 51.1 Å². The van der Waals surface area contributed by atoms with Gasteiger partial charge in [-0.15, -0.1) is 0 Å². The van der Waals surface area contributed by atoms with Crippen LogP contribution in [0.2, 0.25) is 0 Å². The third-order valence-electron chi connectivity index (χ3n) is 1.65. The molecule has 0 amide bonds. The van der Waals surface area contributed by atoms with Crippen molar-refractivity contribution in [2.75, 3.05) is 26.3 Å². The Morgan fingerprint density at radius 1 is 1.23 bits per heavy atom. The summed E-state index contributed by atoms with van der Waals surface area (Å²) in [6, 6.07) is 0. The Kier molecular flexibility index (Phi) is 3.07. The summed E-state index contributed by atoms with van der Waals surface area (Å²) < 4.78 is 7.42. The number of ether oxygens (including phenoxy) is 1. The summed E-state index contributed by atoms with van der Waals surface area (Å²) in [7, 11) is 0. The molecular formula is C7H10N4OS. The largest absolute Gasteiger partial charge is 0.379 e. The summed E-state index contributed by atoms with van der Waals surface area (Å²) in [5.41, 5.74) is 0. The molecule has 1 fully saturated rings. The van der Waals surface area contributed by atoms with Crippen molar-refractivity contribution in [3.05, 3.63) is 12.7 Å². The summed E-state index contributed by atoms with van der Waals surface area (Å²) in [4.78, 5) is 11.8. The van der Waals surface area contributed by atoms with Crippen molar-refractivity contribution >= 4 is 11.9 Å². The maximum atomic E-state index is 5.23. The molecule has 0 bridgehead atoms. The first-order valence-electron chi connectivity index (χ1n) is 4.08. The van der Waals surface area contributed by atoms with Crippen molar-refractivity contribution in [3.8, 4) is 0 Å². The van der Waals surface area contributed by atoms with Crippen molar-refractivity contribution in [3.63, 3.8) is 0 Å². The number of aromatic nitrogens is 3. The highest BCUT2D eigenvalue weighted by Gasteiger charge is 2.12. The van der Waals surface area contributed by atoms with Crippen LogP contribution in [0, 0.1) is 0 Å². The molecule has 0 N–H and O–H groups in total. The highest BCUT2D eigenvalue weighted by atomic mass is 32.2. The van der Waals surface area contributed by atoms with E-state index in [0.29, 0.717) is 0 Å². The Balaban J connectivity index is 1.90. The van der Waals surface area contributed by atoms with Gasteiger partial charge in [-0.05, 0) is 11.9 Å². The van der Waals surface area contributed by atoms with Gasteiger partial charge in [-0.3, -0.25) is 0 Å². The Hall–Kier alpha value is -0.720. The highest BCUT2D eigenvalue weighted by Crippen LogP contribution is 2.17. The maximum absolute atomic E-state index is 5.23. The van der Waals surface area contributed by atoms with Gasteiger partial charge in [0.15, 0.2) is 0 Å². The van der Waals surface area contributed by atoms with Crippen molar-refractivity contribution in [2.45, 2.75) is 5.16 Å². The minimum atomic E-state index is 0.747. The van der Waals surface area contributed by atoms with Crippen LogP contribution in [-0.2, 0) is 4.74 Å². The fraction of sp³-hybridized carbons (Fsp3) is 0.571. The lowest BCUT2D eigenvalue weighted by Gasteiger charge is -2.24. The normalized spacial score (nSPS) is 18.8. The zero-order valence-corrected chi connectivity index (χ0v) is 7.90. The molecule has 70 valence electrons. The van der Waals surface area contributed by atoms with Crippen molar-refractivity contribution in [2.24, 2.45) is 0 Å². The van der Waals surface area contributed by atoms with Gasteiger partial charge in [0.25, 0.3) is 0 Å². The molecule has 1 aliphatic rings. The van der Waals surface area contributed by atoms with Gasteiger partial charge in [-0.25, -0.2) is 19.3 Å². The third kappa shape index (κ3) is 2.61. The molecule has 0 aromatic carbocycles. The number of hydrogen-bond donors (Lipinski definition) is 0. The van der Waals surface area contributed by atoms with Crippen molar-refractivity contribution in [1.82, 2.24) is 19.3 Å². The van der Waals surface area contributed by atoms with Gasteiger partial charge < -0.3 is 4.74 Å². The monoisotopic (exact) mass is 198 g/mol. The lowest BCUT2D eigenvalue weighted by atomic mass is 10.5. The molecule has 1 aromatic heterocycles. The van der Waals surface area contributed by atoms with E-state index in [2.05, 4.69) is 19.3 Å². The molecule has 13 heavy (non-hydrogen) atoms. The second-order valence-corrected chi connectivity index (χ2v) is 3.62. The smallest absolute Gasteiger partial charge is 0.206 e. The summed E-state index contributed by atoms with van der Waals surface area (Å²) in [5, 5.41) is 0.747. The molecule has 0 atom stereocenters. The summed E-state index contributed by atoms with van der Waals surface area (Å²) in [6.07, 6.45) is 3.02. The van der Waals surface area contributed by atoms with Crippen LogP contribution in [0.15, 0.2) is 17.8 Å². The maximum Gasteiger partial charge on any atom is 0.206 e. The first-order valence-corrected chi connectivity index (χ1v) is 4.85. The van der Waals surface area contributed by atoms with Gasteiger partial charge in [0, 0.05) is 13.1 Å². The molecule has 1 aromatic rings. The fourth-order valence-corrected chi connectivity index (χ4v) is 1.78. The SMILES string of the molecule is c1ncnc(SN2CCOCC2)n1. The van der Waals surface area contributed by atoms with Crippen LogP contribution in [-0.4, -0.2) is 45.6 Å². The van der Waals surface area contributed by atoms with Gasteiger partial charge in [0.05, 0.1) is 13.2 Å². The second-order valence-electron chi connectivity index (χ2n) is 2.55. The van der Waals surface area contributed by atoms with Crippen molar-refractivity contribution < 1.29 is 4.74 Å². The quantitative estimate of drug-likeness (QED) is 0.633. The van der Waals surface area contributed by atoms with Crippen LogP contribution in [0.1, 0.15) is 0 Å². The molecule has 6 heteroatoms. The molecule has 1 aliphatic heterocycles. The van der Waals surface area contributed by atoms with Crippen LogP contribution in [0.25, 0.3) is 0 Å². The van der Waals surface area contributed by atoms with E-state index in [0.717, 1.165) is 31.5 Å². The molecule has 5 nitrogen and oxygen atoms in total. The average Bonchev–Trinajstić information content (AvgIpc) is 2.21. The molecule has 2 rings (SSSR count). The Labute approximate surface area is 80.7 Å². The molecule has 1 saturated heterocycles. The molecule has 2 heterocycles. The van der Waals surface area contributed by atoms with Crippen LogP contribution in [0.5, 0.6) is 0 Å². The second kappa shape index (κ2) is 4.50. The number of rotatable bonds is 2. The van der Waals surface area contributed by atoms with E-state index in [-0.39, 0.29) is 0 Å². The van der Waals surface area contributed by atoms with Gasteiger partial charge in [0.1, 0.15) is 12.7 Å². The van der Waals surface area contributed by atoms with E-state index in [1.165, 1.54) is 12.7 Å². The van der Waals surface area contributed by atoms with E-state index in [1.807, 2.05) is 0 Å². The molecule has 0 radical (unpaired) electrons. The predicted octanol–water partition coefficient (Wildman–Crippen LogP) is 0.211.